The molecule has 0 spiro atoms. The predicted octanol–water partition coefficient (Wildman–Crippen LogP) is 5.91. The number of hydrogen-bond acceptors (Lipinski definition) is 9. The van der Waals surface area contributed by atoms with Crippen molar-refractivity contribution in [2.45, 2.75) is 123 Å². The fourth-order valence-electron chi connectivity index (χ4n) is 7.91. The van der Waals surface area contributed by atoms with Gasteiger partial charge in [0.1, 0.15) is 17.1 Å². The van der Waals surface area contributed by atoms with E-state index in [-0.39, 0.29) is 59.9 Å². The number of carbonyl (C=O) groups is 4. The maximum Gasteiger partial charge on any atom is 0.245 e. The Hall–Kier alpha value is -2.66. The molecule has 1 aromatic heterocycles. The first-order chi connectivity index (χ1) is 26.1. The number of likely N-dealkylation sites (N-methyl/N-ethyl adjacent to an activating group) is 2. The number of halogens is 1. The molecule has 3 rings (SSSR count). The van der Waals surface area contributed by atoms with Gasteiger partial charge in [-0.25, -0.2) is 8.10 Å². The van der Waals surface area contributed by atoms with Gasteiger partial charge in [0.15, 0.2) is 0 Å². The van der Waals surface area contributed by atoms with Crippen LogP contribution in [-0.4, -0.2) is 113 Å². The average molecular weight is 897 g/mol. The van der Waals surface area contributed by atoms with Gasteiger partial charge in [-0.2, -0.15) is 0 Å². The standard InChI is InChI=1S/C41H65IN6O6S/c1-12-27(6)36(46(8)41(52)34(25(2)3)45-39(51)35(26(4)5)47(9)42)32(53-10)24-33(49)48-21-16-19-31(48)37(54-11)28(7)38(50)44-30(40-43-20-22-55-40)23-29-17-14-13-15-18-29/h13-15,17-18,20,22,25-28,30-32,34-37H,12,16,19,21,23-24H2,1-11H3,(H,44,50)(H,45,51)/t27-,28+,30-,31-,32+,34-,35-,36-,37+/m0/s1. The molecule has 0 saturated carbocycles. The first-order valence-electron chi connectivity index (χ1n) is 19.6. The number of amides is 4. The fraction of sp³-hybridized carbons (Fsp3) is 0.683. The molecule has 14 heteroatoms. The van der Waals surface area contributed by atoms with Crippen molar-refractivity contribution < 1.29 is 28.7 Å². The zero-order valence-corrected chi connectivity index (χ0v) is 37.6. The van der Waals surface area contributed by atoms with E-state index in [4.69, 9.17) is 9.47 Å². The summed E-state index contributed by atoms with van der Waals surface area (Å²) in [6.07, 6.45) is 3.48. The van der Waals surface area contributed by atoms with Gasteiger partial charge in [-0.3, -0.25) is 19.2 Å². The van der Waals surface area contributed by atoms with E-state index in [9.17, 15) is 19.2 Å². The van der Waals surface area contributed by atoms with E-state index in [0.717, 1.165) is 23.4 Å². The highest BCUT2D eigenvalue weighted by Gasteiger charge is 2.43. The third kappa shape index (κ3) is 12.4. The number of hydrogen-bond donors (Lipinski definition) is 2. The van der Waals surface area contributed by atoms with Gasteiger partial charge in [-0.05, 0) is 49.6 Å². The van der Waals surface area contributed by atoms with Gasteiger partial charge in [0.25, 0.3) is 0 Å². The summed E-state index contributed by atoms with van der Waals surface area (Å²) in [6, 6.07) is 7.81. The lowest BCUT2D eigenvalue weighted by molar-refractivity contribution is -0.148. The molecule has 1 aliphatic heterocycles. The average Bonchev–Trinajstić information content (AvgIpc) is 3.87. The topological polar surface area (TPSA) is 133 Å². The molecule has 0 aliphatic carbocycles. The van der Waals surface area contributed by atoms with Crippen molar-refractivity contribution in [3.05, 3.63) is 52.5 Å². The molecule has 0 radical (unpaired) electrons. The Bertz CT molecular complexity index is 1490. The largest absolute Gasteiger partial charge is 0.379 e. The number of rotatable bonds is 21. The van der Waals surface area contributed by atoms with Gasteiger partial charge in [-0.1, -0.05) is 85.2 Å². The van der Waals surface area contributed by atoms with Crippen molar-refractivity contribution in [3.63, 3.8) is 0 Å². The highest BCUT2D eigenvalue weighted by atomic mass is 127. The summed E-state index contributed by atoms with van der Waals surface area (Å²) in [5.74, 6) is -1.37. The molecule has 0 unspecified atom stereocenters. The SMILES string of the molecule is CC[C@H](C)[C@@H]([C@@H](CC(=O)N1CCC[C@H]1[C@H](OC)[C@@H](C)C(=O)N[C@@H](Cc1ccccc1)c1nccs1)OC)N(C)C(=O)[C@@H](NC(=O)[C@H](C(C)C)N(C)I)C(C)C. The molecule has 2 heterocycles. The number of nitrogens with one attached hydrogen (secondary N) is 2. The van der Waals surface area contributed by atoms with Crippen LogP contribution in [0.2, 0.25) is 0 Å². The first-order valence-corrected chi connectivity index (χ1v) is 21.5. The van der Waals surface area contributed by atoms with Crippen molar-refractivity contribution in [1.29, 1.82) is 0 Å². The summed E-state index contributed by atoms with van der Waals surface area (Å²) in [5, 5.41) is 9.02. The number of methoxy groups -OCH3 is 2. The van der Waals surface area contributed by atoms with E-state index in [1.165, 1.54) is 11.3 Å². The van der Waals surface area contributed by atoms with Crippen molar-refractivity contribution in [1.82, 2.24) is 28.5 Å². The molecule has 0 bridgehead atoms. The number of benzene rings is 1. The fourth-order valence-corrected chi connectivity index (χ4v) is 9.50. The summed E-state index contributed by atoms with van der Waals surface area (Å²) >= 11 is 3.62. The second kappa shape index (κ2) is 22.3. The molecule has 4 amide bonds. The summed E-state index contributed by atoms with van der Waals surface area (Å²) in [6.45, 7) is 14.3. The number of nitrogens with zero attached hydrogens (tertiary/aromatic N) is 4. The Morgan fingerprint density at radius 2 is 1.65 bits per heavy atom. The third-order valence-corrected chi connectivity index (χ3v) is 12.6. The predicted molar refractivity (Wildman–Crippen MR) is 226 cm³/mol. The molecule has 1 aromatic carbocycles. The van der Waals surface area contributed by atoms with Crippen LogP contribution in [-0.2, 0) is 35.1 Å². The minimum atomic E-state index is -0.754. The van der Waals surface area contributed by atoms with Crippen LogP contribution in [0.3, 0.4) is 0 Å². The summed E-state index contributed by atoms with van der Waals surface area (Å²) in [5.41, 5.74) is 1.09. The Labute approximate surface area is 347 Å². The summed E-state index contributed by atoms with van der Waals surface area (Å²) in [4.78, 5) is 63.9. The van der Waals surface area contributed by atoms with Gasteiger partial charge < -0.3 is 29.9 Å². The van der Waals surface area contributed by atoms with E-state index in [1.807, 2.05) is 85.4 Å². The van der Waals surface area contributed by atoms with Crippen molar-refractivity contribution in [3.8, 4) is 0 Å². The second-order valence-corrected chi connectivity index (χ2v) is 18.1. The molecule has 2 aromatic rings. The minimum absolute atomic E-state index is 0.00871. The van der Waals surface area contributed by atoms with Gasteiger partial charge in [0, 0.05) is 62.3 Å². The Morgan fingerprint density at radius 3 is 2.18 bits per heavy atom. The van der Waals surface area contributed by atoms with Crippen LogP contribution in [0.15, 0.2) is 41.9 Å². The quantitative estimate of drug-likeness (QED) is 0.117. The van der Waals surface area contributed by atoms with Gasteiger partial charge >= 0.3 is 0 Å². The maximum atomic E-state index is 14.3. The summed E-state index contributed by atoms with van der Waals surface area (Å²) in [7, 11) is 6.78. The number of carbonyl (C=O) groups excluding carboxylic acids is 4. The molecule has 55 heavy (non-hydrogen) atoms. The molecule has 1 saturated heterocycles. The van der Waals surface area contributed by atoms with Gasteiger partial charge in [0.05, 0.1) is 42.7 Å². The number of thiazole rings is 1. The molecular weight excluding hydrogens is 831 g/mol. The van der Waals surface area contributed by atoms with E-state index in [2.05, 4.69) is 52.3 Å². The maximum absolute atomic E-state index is 14.3. The second-order valence-electron chi connectivity index (χ2n) is 15.7. The molecule has 1 aliphatic rings. The van der Waals surface area contributed by atoms with Crippen LogP contribution in [0.5, 0.6) is 0 Å². The van der Waals surface area contributed by atoms with Crippen LogP contribution < -0.4 is 10.6 Å². The van der Waals surface area contributed by atoms with E-state index < -0.39 is 36.3 Å². The molecular formula is C41H65IN6O6S. The van der Waals surface area contributed by atoms with Crippen LogP contribution in [0, 0.1) is 23.7 Å². The van der Waals surface area contributed by atoms with Crippen LogP contribution in [0.1, 0.15) is 90.8 Å². The molecule has 308 valence electrons. The molecule has 9 atom stereocenters. The van der Waals surface area contributed by atoms with Gasteiger partial charge in [0.2, 0.25) is 23.6 Å². The minimum Gasteiger partial charge on any atom is -0.379 e. The van der Waals surface area contributed by atoms with Crippen LogP contribution in [0.4, 0.5) is 0 Å². The number of aromatic nitrogens is 1. The van der Waals surface area contributed by atoms with Crippen LogP contribution >= 0.6 is 34.2 Å². The lowest BCUT2D eigenvalue weighted by atomic mass is 9.89. The van der Waals surface area contributed by atoms with E-state index >= 15 is 0 Å². The number of likely N-dealkylation sites (tertiary alicyclic amines) is 1. The van der Waals surface area contributed by atoms with Gasteiger partial charge in [-0.15, -0.1) is 11.3 Å². The van der Waals surface area contributed by atoms with Crippen molar-refractivity contribution in [2.75, 3.05) is 34.9 Å². The molecule has 12 nitrogen and oxygen atoms in total. The Kier molecular flexibility index (Phi) is 19.0. The Morgan fingerprint density at radius 1 is 0.982 bits per heavy atom. The zero-order chi connectivity index (χ0) is 41.0. The van der Waals surface area contributed by atoms with E-state index in [0.29, 0.717) is 19.4 Å². The smallest absolute Gasteiger partial charge is 0.245 e. The zero-order valence-electron chi connectivity index (χ0n) is 34.7. The monoisotopic (exact) mass is 896 g/mol. The molecule has 1 fully saturated rings. The van der Waals surface area contributed by atoms with E-state index in [1.54, 1.807) is 32.4 Å². The Balaban J connectivity index is 1.79. The lowest BCUT2D eigenvalue weighted by Crippen LogP contribution is -2.59. The van der Waals surface area contributed by atoms with Crippen LogP contribution in [0.25, 0.3) is 0 Å². The third-order valence-electron chi connectivity index (χ3n) is 11.1. The summed E-state index contributed by atoms with van der Waals surface area (Å²) < 4.78 is 13.9. The highest BCUT2D eigenvalue weighted by molar-refractivity contribution is 14.1. The van der Waals surface area contributed by atoms with Crippen molar-refractivity contribution in [2.24, 2.45) is 23.7 Å². The first kappa shape index (κ1) is 46.7. The normalized spacial score (nSPS) is 19.0. The highest BCUT2D eigenvalue weighted by Crippen LogP contribution is 2.30. The van der Waals surface area contributed by atoms with Crippen molar-refractivity contribution >= 4 is 57.8 Å². The lowest BCUT2D eigenvalue weighted by Gasteiger charge is -2.41. The number of ether oxygens (including phenoxy) is 2. The molecule has 2 N–H and O–H groups in total.